The van der Waals surface area contributed by atoms with Crippen molar-refractivity contribution in [2.24, 2.45) is 5.41 Å². The van der Waals surface area contributed by atoms with E-state index in [-0.39, 0.29) is 11.4 Å². The molecule has 2 aliphatic rings. The van der Waals surface area contributed by atoms with Gasteiger partial charge in [0.2, 0.25) is 0 Å². The predicted octanol–water partition coefficient (Wildman–Crippen LogP) is 1.39. The number of hydrogen-bond acceptors (Lipinski definition) is 3. The zero-order chi connectivity index (χ0) is 13.2. The third kappa shape index (κ3) is 2.91. The number of nitrogens with zero attached hydrogens (tertiary/aromatic N) is 1. The Morgan fingerprint density at radius 3 is 2.78 bits per heavy atom. The number of urea groups is 1. The van der Waals surface area contributed by atoms with Gasteiger partial charge in [0.25, 0.3) is 0 Å². The first-order chi connectivity index (χ1) is 8.52. The molecule has 18 heavy (non-hydrogen) atoms. The van der Waals surface area contributed by atoms with E-state index in [9.17, 15) is 9.59 Å². The Bertz CT molecular complexity index is 344. The van der Waals surface area contributed by atoms with Crippen molar-refractivity contribution in [3.8, 4) is 0 Å². The average Bonchev–Trinajstić information content (AvgIpc) is 2.33. The van der Waals surface area contributed by atoms with Gasteiger partial charge in [0.05, 0.1) is 0 Å². The maximum Gasteiger partial charge on any atom is 0.327 e. The summed E-state index contributed by atoms with van der Waals surface area (Å²) in [7, 11) is 0. The molecule has 0 aromatic heterocycles. The van der Waals surface area contributed by atoms with Gasteiger partial charge in [-0.3, -0.25) is 0 Å². The monoisotopic (exact) mass is 272 g/mol. The Hall–Kier alpha value is -0.910. The molecule has 1 aliphatic carbocycles. The molecule has 0 spiro atoms. The summed E-state index contributed by atoms with van der Waals surface area (Å²) in [5, 5.41) is 12.0. The van der Waals surface area contributed by atoms with Crippen molar-refractivity contribution in [3.63, 3.8) is 0 Å². The van der Waals surface area contributed by atoms with E-state index in [1.165, 1.54) is 11.3 Å². The van der Waals surface area contributed by atoms with Crippen LogP contribution in [0.2, 0.25) is 0 Å². The summed E-state index contributed by atoms with van der Waals surface area (Å²) in [6, 6.07) is -0.909. The Labute approximate surface area is 111 Å². The molecule has 2 fully saturated rings. The number of carbonyl (C=O) groups is 2. The van der Waals surface area contributed by atoms with E-state index >= 15 is 0 Å². The van der Waals surface area contributed by atoms with Crippen LogP contribution in [0.4, 0.5) is 4.79 Å². The van der Waals surface area contributed by atoms with Crippen LogP contribution in [0.15, 0.2) is 0 Å². The predicted molar refractivity (Wildman–Crippen MR) is 70.8 cm³/mol. The molecule has 0 aromatic carbocycles. The van der Waals surface area contributed by atoms with Crippen molar-refractivity contribution in [1.82, 2.24) is 10.2 Å². The molecular formula is C12H20N2O3S. The third-order valence-electron chi connectivity index (χ3n) is 3.90. The number of carboxylic acid groups (broad SMARTS) is 1. The zero-order valence-electron chi connectivity index (χ0n) is 10.6. The largest absolute Gasteiger partial charge is 0.480 e. The number of rotatable bonds is 3. The molecule has 1 saturated heterocycles. The van der Waals surface area contributed by atoms with Gasteiger partial charge in [-0.2, -0.15) is 11.8 Å². The van der Waals surface area contributed by atoms with Gasteiger partial charge in [-0.1, -0.05) is 13.3 Å². The van der Waals surface area contributed by atoms with E-state index in [4.69, 9.17) is 5.11 Å². The standard InChI is InChI=1S/C12H20N2O3S/c1-12(3-2-4-12)8-13-11(17)14-5-6-18-7-9(14)10(15)16/h9H,2-8H2,1H3,(H,13,17)(H,15,16). The lowest BCUT2D eigenvalue weighted by atomic mass is 9.70. The van der Waals surface area contributed by atoms with Crippen molar-refractivity contribution in [3.05, 3.63) is 0 Å². The third-order valence-corrected chi connectivity index (χ3v) is 4.92. The summed E-state index contributed by atoms with van der Waals surface area (Å²) in [4.78, 5) is 24.6. The Morgan fingerprint density at radius 2 is 2.22 bits per heavy atom. The van der Waals surface area contributed by atoms with Crippen LogP contribution in [-0.2, 0) is 4.79 Å². The second-order valence-corrected chi connectivity index (χ2v) is 6.60. The first-order valence-electron chi connectivity index (χ1n) is 6.37. The van der Waals surface area contributed by atoms with Crippen LogP contribution >= 0.6 is 11.8 Å². The number of amides is 2. The molecule has 1 unspecified atom stereocenters. The summed E-state index contributed by atoms with van der Waals surface area (Å²) >= 11 is 1.59. The van der Waals surface area contributed by atoms with Gasteiger partial charge in [-0.15, -0.1) is 0 Å². The normalized spacial score (nSPS) is 26.3. The van der Waals surface area contributed by atoms with Crippen LogP contribution in [0.5, 0.6) is 0 Å². The highest BCUT2D eigenvalue weighted by molar-refractivity contribution is 7.99. The second kappa shape index (κ2) is 5.38. The van der Waals surface area contributed by atoms with Crippen molar-refractivity contribution >= 4 is 23.8 Å². The van der Waals surface area contributed by atoms with E-state index in [1.54, 1.807) is 11.8 Å². The Morgan fingerprint density at radius 1 is 1.50 bits per heavy atom. The summed E-state index contributed by atoms with van der Waals surface area (Å²) in [5.41, 5.74) is 0.221. The van der Waals surface area contributed by atoms with E-state index in [0.717, 1.165) is 18.6 Å². The number of hydrogen-bond donors (Lipinski definition) is 2. The highest BCUT2D eigenvalue weighted by Gasteiger charge is 2.35. The second-order valence-electron chi connectivity index (χ2n) is 5.45. The zero-order valence-corrected chi connectivity index (χ0v) is 11.5. The van der Waals surface area contributed by atoms with E-state index in [0.29, 0.717) is 18.8 Å². The van der Waals surface area contributed by atoms with Crippen LogP contribution in [-0.4, -0.2) is 52.6 Å². The molecule has 2 rings (SSSR count). The lowest BCUT2D eigenvalue weighted by Crippen LogP contribution is -2.55. The molecule has 2 N–H and O–H groups in total. The van der Waals surface area contributed by atoms with Gasteiger partial charge in [0.1, 0.15) is 6.04 Å². The van der Waals surface area contributed by atoms with Crippen LogP contribution in [0.25, 0.3) is 0 Å². The first kappa shape index (κ1) is 13.5. The number of nitrogens with one attached hydrogen (secondary N) is 1. The van der Waals surface area contributed by atoms with Crippen molar-refractivity contribution in [2.45, 2.75) is 32.2 Å². The molecule has 0 bridgehead atoms. The molecule has 102 valence electrons. The fourth-order valence-corrected chi connectivity index (χ4v) is 3.44. The fourth-order valence-electron chi connectivity index (χ4n) is 2.40. The lowest BCUT2D eigenvalue weighted by molar-refractivity contribution is -0.141. The quantitative estimate of drug-likeness (QED) is 0.814. The molecule has 1 heterocycles. The van der Waals surface area contributed by atoms with Crippen LogP contribution < -0.4 is 5.32 Å². The average molecular weight is 272 g/mol. The van der Waals surface area contributed by atoms with Crippen molar-refractivity contribution in [1.29, 1.82) is 0 Å². The number of aliphatic carboxylic acids is 1. The SMILES string of the molecule is CC1(CNC(=O)N2CCSCC2C(=O)O)CCC1. The minimum absolute atomic E-state index is 0.221. The number of carboxylic acids is 1. The van der Waals surface area contributed by atoms with E-state index < -0.39 is 12.0 Å². The highest BCUT2D eigenvalue weighted by Crippen LogP contribution is 2.39. The maximum absolute atomic E-state index is 12.0. The van der Waals surface area contributed by atoms with E-state index in [2.05, 4.69) is 12.2 Å². The molecule has 6 heteroatoms. The van der Waals surface area contributed by atoms with E-state index in [1.807, 2.05) is 0 Å². The number of carbonyl (C=O) groups excluding carboxylic acids is 1. The smallest absolute Gasteiger partial charge is 0.327 e. The summed E-state index contributed by atoms with van der Waals surface area (Å²) < 4.78 is 0. The summed E-state index contributed by atoms with van der Waals surface area (Å²) in [6.45, 7) is 3.34. The lowest BCUT2D eigenvalue weighted by Gasteiger charge is -2.40. The minimum Gasteiger partial charge on any atom is -0.480 e. The van der Waals surface area contributed by atoms with Crippen molar-refractivity contribution < 1.29 is 14.7 Å². The Balaban J connectivity index is 1.87. The minimum atomic E-state index is -0.910. The molecule has 0 aromatic rings. The molecule has 5 nitrogen and oxygen atoms in total. The van der Waals surface area contributed by atoms with Gasteiger partial charge >= 0.3 is 12.0 Å². The van der Waals surface area contributed by atoms with Crippen LogP contribution in [0, 0.1) is 5.41 Å². The van der Waals surface area contributed by atoms with Gasteiger partial charge in [-0.25, -0.2) is 9.59 Å². The summed E-state index contributed by atoms with van der Waals surface area (Å²) in [6.07, 6.45) is 3.52. The van der Waals surface area contributed by atoms with Gasteiger partial charge in [0, 0.05) is 24.6 Å². The van der Waals surface area contributed by atoms with Gasteiger partial charge in [-0.05, 0) is 18.3 Å². The molecule has 1 aliphatic heterocycles. The summed E-state index contributed by atoms with van der Waals surface area (Å²) in [5.74, 6) is 0.390. The molecule has 1 atom stereocenters. The van der Waals surface area contributed by atoms with Gasteiger partial charge in [0.15, 0.2) is 0 Å². The molecular weight excluding hydrogens is 252 g/mol. The van der Waals surface area contributed by atoms with Crippen LogP contribution in [0.3, 0.4) is 0 Å². The highest BCUT2D eigenvalue weighted by atomic mass is 32.2. The molecule has 0 radical (unpaired) electrons. The van der Waals surface area contributed by atoms with Crippen LogP contribution in [0.1, 0.15) is 26.2 Å². The topological polar surface area (TPSA) is 69.6 Å². The maximum atomic E-state index is 12.0. The molecule has 2 amide bonds. The fraction of sp³-hybridized carbons (Fsp3) is 0.833. The van der Waals surface area contributed by atoms with Gasteiger partial charge < -0.3 is 15.3 Å². The van der Waals surface area contributed by atoms with Crippen molar-refractivity contribution in [2.75, 3.05) is 24.6 Å². The molecule has 1 saturated carbocycles. The first-order valence-corrected chi connectivity index (χ1v) is 7.52. The number of thioether (sulfide) groups is 1. The Kier molecular flexibility index (Phi) is 4.04.